The lowest BCUT2D eigenvalue weighted by atomic mass is 9.98. The van der Waals surface area contributed by atoms with Crippen LogP contribution in [0.4, 0.5) is 10.5 Å². The average molecular weight is 557 g/mol. The van der Waals surface area contributed by atoms with Gasteiger partial charge in [0.25, 0.3) is 0 Å². The van der Waals surface area contributed by atoms with Crippen molar-refractivity contribution in [3.8, 4) is 11.1 Å². The van der Waals surface area contributed by atoms with Gasteiger partial charge in [-0.25, -0.2) is 13.2 Å². The van der Waals surface area contributed by atoms with Crippen LogP contribution in [0.1, 0.15) is 16.3 Å². The van der Waals surface area contributed by atoms with Crippen molar-refractivity contribution in [3.63, 3.8) is 0 Å². The zero-order chi connectivity index (χ0) is 26.6. The quantitative estimate of drug-likeness (QED) is 0.118. The molecular weight excluding hydrogens is 533 g/mol. The van der Waals surface area contributed by atoms with Crippen molar-refractivity contribution in [2.45, 2.75) is 27.3 Å². The van der Waals surface area contributed by atoms with E-state index in [0.717, 1.165) is 22.5 Å². The number of nitrogen functional groups attached to an aromatic ring is 1. The van der Waals surface area contributed by atoms with Crippen molar-refractivity contribution >= 4 is 50.5 Å². The third-order valence-electron chi connectivity index (χ3n) is 5.40. The summed E-state index contributed by atoms with van der Waals surface area (Å²) in [6.45, 7) is 2.06. The van der Waals surface area contributed by atoms with E-state index in [9.17, 15) is 13.2 Å². The minimum Gasteiger partial charge on any atom is -0.383 e. The van der Waals surface area contributed by atoms with E-state index in [1.165, 1.54) is 23.9 Å². The SMILES string of the molecule is CSc1sc(C(=N)N)cc1S(=O)(=O)c1ccc(C)c(-c2ccccc2)c1NC(=O)NCCc1nn[nH]n1. The second-order valence-corrected chi connectivity index (χ2v) is 11.9. The lowest BCUT2D eigenvalue weighted by Gasteiger charge is -2.19. The summed E-state index contributed by atoms with van der Waals surface area (Å²) in [4.78, 5) is 13.3. The molecule has 2 amide bonds. The molecule has 192 valence electrons. The zero-order valence-corrected chi connectivity index (χ0v) is 22.4. The molecule has 2 aromatic carbocycles. The van der Waals surface area contributed by atoms with Crippen LogP contribution in [0.15, 0.2) is 62.5 Å². The first-order valence-corrected chi connectivity index (χ1v) is 14.5. The Morgan fingerprint density at radius 3 is 2.59 bits per heavy atom. The number of nitrogens with zero attached hydrogens (tertiary/aromatic N) is 3. The predicted molar refractivity (Wildman–Crippen MR) is 144 cm³/mol. The highest BCUT2D eigenvalue weighted by atomic mass is 32.2. The zero-order valence-electron chi connectivity index (χ0n) is 19.9. The van der Waals surface area contributed by atoms with E-state index in [0.29, 0.717) is 26.9 Å². The molecule has 0 bridgehead atoms. The van der Waals surface area contributed by atoms with Gasteiger partial charge in [-0.1, -0.05) is 41.6 Å². The van der Waals surface area contributed by atoms with Crippen molar-refractivity contribution in [1.82, 2.24) is 25.9 Å². The second-order valence-electron chi connectivity index (χ2n) is 7.84. The molecule has 2 heterocycles. The van der Waals surface area contributed by atoms with Crippen LogP contribution < -0.4 is 16.4 Å². The smallest absolute Gasteiger partial charge is 0.319 e. The number of aromatic amines is 1. The Labute approximate surface area is 221 Å². The van der Waals surface area contributed by atoms with Gasteiger partial charge in [-0.15, -0.1) is 33.3 Å². The number of rotatable bonds is 9. The van der Waals surface area contributed by atoms with Crippen molar-refractivity contribution in [1.29, 1.82) is 5.41 Å². The Hall–Kier alpha value is -3.75. The van der Waals surface area contributed by atoms with E-state index in [2.05, 4.69) is 31.3 Å². The van der Waals surface area contributed by atoms with E-state index in [1.807, 2.05) is 37.3 Å². The van der Waals surface area contributed by atoms with Gasteiger partial charge < -0.3 is 16.4 Å². The Kier molecular flexibility index (Phi) is 7.90. The number of tetrazole rings is 1. The molecule has 0 fully saturated rings. The summed E-state index contributed by atoms with van der Waals surface area (Å²) < 4.78 is 28.5. The molecule has 0 aliphatic carbocycles. The third kappa shape index (κ3) is 5.65. The number of carbonyl (C=O) groups is 1. The summed E-state index contributed by atoms with van der Waals surface area (Å²) in [7, 11) is -4.11. The van der Waals surface area contributed by atoms with Gasteiger partial charge in [0.1, 0.15) is 5.84 Å². The molecule has 14 heteroatoms. The number of H-pyrrole nitrogens is 1. The van der Waals surface area contributed by atoms with E-state index in [1.54, 1.807) is 12.3 Å². The van der Waals surface area contributed by atoms with Crippen LogP contribution in [0, 0.1) is 12.3 Å². The van der Waals surface area contributed by atoms with Gasteiger partial charge in [0, 0.05) is 18.5 Å². The largest absolute Gasteiger partial charge is 0.383 e. The highest BCUT2D eigenvalue weighted by molar-refractivity contribution is 8.01. The van der Waals surface area contributed by atoms with Crippen LogP contribution in [0.5, 0.6) is 0 Å². The number of aryl methyl sites for hydroxylation is 1. The number of aromatic nitrogens is 4. The number of anilines is 1. The number of sulfone groups is 1. The molecular formula is C23H24N8O3S3. The second kappa shape index (κ2) is 11.1. The van der Waals surface area contributed by atoms with Gasteiger partial charge in [0.05, 0.1) is 24.6 Å². The fourth-order valence-corrected chi connectivity index (χ4v) is 7.70. The first-order valence-electron chi connectivity index (χ1n) is 11.0. The number of nitrogens with two attached hydrogens (primary N) is 1. The Balaban J connectivity index is 1.79. The summed E-state index contributed by atoms with van der Waals surface area (Å²) in [6, 6.07) is 13.3. The summed E-state index contributed by atoms with van der Waals surface area (Å²) in [6.07, 6.45) is 2.10. The van der Waals surface area contributed by atoms with Crippen LogP contribution in [0.3, 0.4) is 0 Å². The number of thioether (sulfide) groups is 1. The lowest BCUT2D eigenvalue weighted by Crippen LogP contribution is -2.31. The minimum absolute atomic E-state index is 0.0404. The molecule has 11 nitrogen and oxygen atoms in total. The highest BCUT2D eigenvalue weighted by Crippen LogP contribution is 2.42. The monoisotopic (exact) mass is 556 g/mol. The number of hydrogen-bond donors (Lipinski definition) is 5. The molecule has 4 rings (SSSR count). The Bertz CT molecular complexity index is 1530. The van der Waals surface area contributed by atoms with Crippen LogP contribution >= 0.6 is 23.1 Å². The van der Waals surface area contributed by atoms with E-state index in [4.69, 9.17) is 11.1 Å². The molecule has 4 aromatic rings. The van der Waals surface area contributed by atoms with Crippen LogP contribution in [0.2, 0.25) is 0 Å². The molecule has 0 spiro atoms. The molecule has 0 saturated carbocycles. The number of thiophene rings is 1. The number of nitrogens with one attached hydrogen (secondary N) is 4. The highest BCUT2D eigenvalue weighted by Gasteiger charge is 2.30. The third-order valence-corrected chi connectivity index (χ3v) is 9.78. The van der Waals surface area contributed by atoms with Crippen molar-refractivity contribution in [3.05, 3.63) is 64.8 Å². The molecule has 37 heavy (non-hydrogen) atoms. The average Bonchev–Trinajstić information content (AvgIpc) is 3.55. The topological polar surface area (TPSA) is 180 Å². The maximum absolute atomic E-state index is 14.0. The van der Waals surface area contributed by atoms with Crippen LogP contribution in [-0.4, -0.2) is 53.7 Å². The fraction of sp³-hybridized carbons (Fsp3) is 0.174. The number of urea groups is 1. The standard InChI is InChI=1S/C23H24N8O3S3/c1-13-8-9-16(37(33,34)17-12-15(21(24)25)36-22(17)35-2)20(19(13)14-6-4-3-5-7-14)27-23(32)26-11-10-18-28-30-31-29-18/h3-9,12H,10-11H2,1-2H3,(H3,24,25)(H2,26,27,32)(H,28,29,30,31). The Morgan fingerprint density at radius 1 is 1.19 bits per heavy atom. The van der Waals surface area contributed by atoms with Gasteiger partial charge in [-0.2, -0.15) is 5.21 Å². The van der Waals surface area contributed by atoms with Crippen molar-refractivity contribution in [2.75, 3.05) is 18.1 Å². The van der Waals surface area contributed by atoms with Crippen molar-refractivity contribution in [2.24, 2.45) is 5.73 Å². The maximum atomic E-state index is 14.0. The first kappa shape index (κ1) is 26.3. The predicted octanol–water partition coefficient (Wildman–Crippen LogP) is 3.44. The molecule has 0 radical (unpaired) electrons. The van der Waals surface area contributed by atoms with Gasteiger partial charge >= 0.3 is 6.03 Å². The van der Waals surface area contributed by atoms with Gasteiger partial charge in [0.15, 0.2) is 5.82 Å². The fourth-order valence-electron chi connectivity index (χ4n) is 3.68. The van der Waals surface area contributed by atoms with Gasteiger partial charge in [-0.3, -0.25) is 5.41 Å². The van der Waals surface area contributed by atoms with Crippen molar-refractivity contribution < 1.29 is 13.2 Å². The molecule has 6 N–H and O–H groups in total. The minimum atomic E-state index is -4.11. The summed E-state index contributed by atoms with van der Waals surface area (Å²) >= 11 is 2.39. The van der Waals surface area contributed by atoms with Crippen LogP contribution in [0.25, 0.3) is 11.1 Å². The van der Waals surface area contributed by atoms with E-state index in [-0.39, 0.29) is 27.9 Å². The number of hydrogen-bond acceptors (Lipinski definition) is 9. The number of amides is 2. The summed E-state index contributed by atoms with van der Waals surface area (Å²) in [5.41, 5.74) is 7.92. The lowest BCUT2D eigenvalue weighted by molar-refractivity contribution is 0.252. The molecule has 0 aliphatic rings. The Morgan fingerprint density at radius 2 is 1.95 bits per heavy atom. The summed E-state index contributed by atoms with van der Waals surface area (Å²) in [5, 5.41) is 26.8. The van der Waals surface area contributed by atoms with E-state index < -0.39 is 15.9 Å². The van der Waals surface area contributed by atoms with Gasteiger partial charge in [0.2, 0.25) is 9.84 Å². The molecule has 0 atom stereocenters. The molecule has 0 saturated heterocycles. The number of benzene rings is 2. The molecule has 2 aromatic heterocycles. The number of carbonyl (C=O) groups excluding carboxylic acids is 1. The van der Waals surface area contributed by atoms with Crippen LogP contribution in [-0.2, 0) is 16.3 Å². The molecule has 0 unspecified atom stereocenters. The molecule has 0 aliphatic heterocycles. The number of amidine groups is 1. The summed E-state index contributed by atoms with van der Waals surface area (Å²) in [5.74, 6) is 0.224. The van der Waals surface area contributed by atoms with Gasteiger partial charge in [-0.05, 0) is 36.4 Å². The first-order chi connectivity index (χ1) is 17.7. The maximum Gasteiger partial charge on any atom is 0.319 e. The normalized spacial score (nSPS) is 11.3. The van der Waals surface area contributed by atoms with E-state index >= 15 is 0 Å².